The number of rotatable bonds is 7. The third kappa shape index (κ3) is 3.98. The smallest absolute Gasteiger partial charge is 0.224 e. The summed E-state index contributed by atoms with van der Waals surface area (Å²) in [4.78, 5) is 12.6. The Balaban J connectivity index is 2.68. The second-order valence-corrected chi connectivity index (χ2v) is 8.56. The molecule has 0 spiro atoms. The van der Waals surface area contributed by atoms with Crippen molar-refractivity contribution in [1.29, 1.82) is 0 Å². The van der Waals surface area contributed by atoms with Gasteiger partial charge in [0.1, 0.15) is 0 Å². The summed E-state index contributed by atoms with van der Waals surface area (Å²) in [6, 6.07) is 0. The topological polar surface area (TPSA) is 50.4 Å². The van der Waals surface area contributed by atoms with Gasteiger partial charge < -0.3 is 15.4 Å². The SMILES string of the molecule is CNC(C)(C)C1(C)CC1C(=O)NC(C)(C)CC(C)(C)OC. The Morgan fingerprint density at radius 1 is 1.24 bits per heavy atom. The Labute approximate surface area is 130 Å². The molecular weight excluding hydrogens is 264 g/mol. The molecule has 1 saturated carbocycles. The van der Waals surface area contributed by atoms with Crippen LogP contribution in [0.3, 0.4) is 0 Å². The summed E-state index contributed by atoms with van der Waals surface area (Å²) in [6.45, 7) is 14.8. The highest BCUT2D eigenvalue weighted by molar-refractivity contribution is 5.83. The first-order chi connectivity index (χ1) is 9.30. The van der Waals surface area contributed by atoms with E-state index in [1.807, 2.05) is 20.9 Å². The van der Waals surface area contributed by atoms with Crippen LogP contribution in [0.25, 0.3) is 0 Å². The Morgan fingerprint density at radius 3 is 2.19 bits per heavy atom. The van der Waals surface area contributed by atoms with Crippen LogP contribution in [-0.2, 0) is 9.53 Å². The minimum Gasteiger partial charge on any atom is -0.379 e. The van der Waals surface area contributed by atoms with Crippen LogP contribution in [-0.4, -0.2) is 36.7 Å². The Bertz CT molecular complexity index is 402. The van der Waals surface area contributed by atoms with Gasteiger partial charge in [-0.05, 0) is 66.8 Å². The van der Waals surface area contributed by atoms with Crippen molar-refractivity contribution < 1.29 is 9.53 Å². The fourth-order valence-corrected chi connectivity index (χ4v) is 3.32. The average molecular weight is 298 g/mol. The number of hydrogen-bond donors (Lipinski definition) is 2. The maximum atomic E-state index is 12.6. The lowest BCUT2D eigenvalue weighted by atomic mass is 9.83. The van der Waals surface area contributed by atoms with Crippen molar-refractivity contribution in [2.24, 2.45) is 11.3 Å². The van der Waals surface area contributed by atoms with E-state index < -0.39 is 0 Å². The highest BCUT2D eigenvalue weighted by atomic mass is 16.5. The molecular formula is C17H34N2O2. The molecule has 0 saturated heterocycles. The van der Waals surface area contributed by atoms with Gasteiger partial charge in [-0.15, -0.1) is 0 Å². The predicted octanol–water partition coefficient (Wildman–Crippen LogP) is 2.72. The zero-order chi connectivity index (χ0) is 16.7. The van der Waals surface area contributed by atoms with Gasteiger partial charge in [0.15, 0.2) is 0 Å². The lowest BCUT2D eigenvalue weighted by Gasteiger charge is -2.36. The van der Waals surface area contributed by atoms with Crippen LogP contribution < -0.4 is 10.6 Å². The molecule has 0 aliphatic heterocycles. The van der Waals surface area contributed by atoms with Crippen molar-refractivity contribution in [2.45, 2.75) is 78.0 Å². The van der Waals surface area contributed by atoms with E-state index in [2.05, 4.69) is 45.3 Å². The minimum atomic E-state index is -0.274. The molecule has 0 aromatic rings. The Hall–Kier alpha value is -0.610. The maximum Gasteiger partial charge on any atom is 0.224 e. The average Bonchev–Trinajstić information content (AvgIpc) is 3.02. The highest BCUT2D eigenvalue weighted by Gasteiger charge is 2.62. The predicted molar refractivity (Wildman–Crippen MR) is 87.3 cm³/mol. The van der Waals surface area contributed by atoms with Gasteiger partial charge in [0, 0.05) is 24.1 Å². The third-order valence-corrected chi connectivity index (χ3v) is 5.49. The largest absolute Gasteiger partial charge is 0.379 e. The molecule has 4 nitrogen and oxygen atoms in total. The molecule has 1 aliphatic carbocycles. The first-order valence-corrected chi connectivity index (χ1v) is 7.86. The van der Waals surface area contributed by atoms with Crippen molar-refractivity contribution >= 4 is 5.91 Å². The number of amides is 1. The van der Waals surface area contributed by atoms with E-state index in [1.54, 1.807) is 7.11 Å². The molecule has 1 fully saturated rings. The molecule has 0 bridgehead atoms. The maximum absolute atomic E-state index is 12.6. The van der Waals surface area contributed by atoms with Crippen molar-refractivity contribution in [2.75, 3.05) is 14.2 Å². The fourth-order valence-electron chi connectivity index (χ4n) is 3.32. The van der Waals surface area contributed by atoms with Crippen LogP contribution in [0.15, 0.2) is 0 Å². The number of nitrogens with one attached hydrogen (secondary N) is 2. The lowest BCUT2D eigenvalue weighted by molar-refractivity contribution is -0.125. The van der Waals surface area contributed by atoms with E-state index in [1.165, 1.54) is 0 Å². The van der Waals surface area contributed by atoms with E-state index in [9.17, 15) is 4.79 Å². The molecule has 2 unspecified atom stereocenters. The van der Waals surface area contributed by atoms with Gasteiger partial charge in [0.25, 0.3) is 0 Å². The highest BCUT2D eigenvalue weighted by Crippen LogP contribution is 2.59. The van der Waals surface area contributed by atoms with Crippen LogP contribution in [0.5, 0.6) is 0 Å². The summed E-state index contributed by atoms with van der Waals surface area (Å²) < 4.78 is 5.48. The molecule has 1 rings (SSSR count). The van der Waals surface area contributed by atoms with Gasteiger partial charge in [0.2, 0.25) is 5.91 Å². The van der Waals surface area contributed by atoms with Crippen LogP contribution in [0, 0.1) is 11.3 Å². The molecule has 124 valence electrons. The molecule has 2 N–H and O–H groups in total. The zero-order valence-corrected chi connectivity index (χ0v) is 15.3. The van der Waals surface area contributed by atoms with Crippen molar-refractivity contribution in [3.05, 3.63) is 0 Å². The van der Waals surface area contributed by atoms with Crippen molar-refractivity contribution in [3.8, 4) is 0 Å². The molecule has 2 atom stereocenters. The van der Waals surface area contributed by atoms with Gasteiger partial charge in [-0.1, -0.05) is 6.92 Å². The minimum absolute atomic E-state index is 0.0265. The van der Waals surface area contributed by atoms with Crippen LogP contribution >= 0.6 is 0 Å². The standard InChI is InChI=1S/C17H34N2O2/c1-14(2,11-15(3,4)21-9)19-13(20)12-10-17(12,7)16(5,6)18-8/h12,18H,10-11H2,1-9H3,(H,19,20). The summed E-state index contributed by atoms with van der Waals surface area (Å²) >= 11 is 0. The van der Waals surface area contributed by atoms with Crippen LogP contribution in [0.2, 0.25) is 0 Å². The van der Waals surface area contributed by atoms with Gasteiger partial charge in [-0.3, -0.25) is 4.79 Å². The first kappa shape index (κ1) is 18.4. The Morgan fingerprint density at radius 2 is 1.76 bits per heavy atom. The fraction of sp³-hybridized carbons (Fsp3) is 0.941. The molecule has 0 heterocycles. The second-order valence-electron chi connectivity index (χ2n) is 8.56. The quantitative estimate of drug-likeness (QED) is 0.760. The van der Waals surface area contributed by atoms with E-state index >= 15 is 0 Å². The van der Waals surface area contributed by atoms with Crippen LogP contribution in [0.1, 0.15) is 61.3 Å². The molecule has 0 aromatic carbocycles. The number of carbonyl (C=O) groups is 1. The number of ether oxygens (including phenoxy) is 1. The third-order valence-electron chi connectivity index (χ3n) is 5.49. The van der Waals surface area contributed by atoms with E-state index in [-0.39, 0.29) is 33.9 Å². The first-order valence-electron chi connectivity index (χ1n) is 7.86. The molecule has 21 heavy (non-hydrogen) atoms. The van der Waals surface area contributed by atoms with E-state index in [0.717, 1.165) is 12.8 Å². The summed E-state index contributed by atoms with van der Waals surface area (Å²) in [6.07, 6.45) is 1.72. The normalized spacial score (nSPS) is 26.6. The van der Waals surface area contributed by atoms with Crippen LogP contribution in [0.4, 0.5) is 0 Å². The Kier molecular flexibility index (Phi) is 4.87. The number of methoxy groups -OCH3 is 1. The monoisotopic (exact) mass is 298 g/mol. The second kappa shape index (κ2) is 5.54. The van der Waals surface area contributed by atoms with Crippen molar-refractivity contribution in [1.82, 2.24) is 10.6 Å². The number of carbonyl (C=O) groups excluding carboxylic acids is 1. The molecule has 1 aliphatic rings. The summed E-state index contributed by atoms with van der Waals surface area (Å²) in [5.41, 5.74) is -0.526. The van der Waals surface area contributed by atoms with E-state index in [4.69, 9.17) is 4.74 Å². The summed E-state index contributed by atoms with van der Waals surface area (Å²) in [5.74, 6) is 0.252. The van der Waals surface area contributed by atoms with Crippen molar-refractivity contribution in [3.63, 3.8) is 0 Å². The number of hydrogen-bond acceptors (Lipinski definition) is 3. The van der Waals surface area contributed by atoms with E-state index in [0.29, 0.717) is 0 Å². The summed E-state index contributed by atoms with van der Waals surface area (Å²) in [5, 5.41) is 6.55. The van der Waals surface area contributed by atoms with Gasteiger partial charge >= 0.3 is 0 Å². The molecule has 4 heteroatoms. The molecule has 0 radical (unpaired) electrons. The molecule has 1 amide bonds. The van der Waals surface area contributed by atoms with Gasteiger partial charge in [0.05, 0.1) is 5.60 Å². The zero-order valence-electron chi connectivity index (χ0n) is 15.3. The van der Waals surface area contributed by atoms with Gasteiger partial charge in [-0.25, -0.2) is 0 Å². The van der Waals surface area contributed by atoms with Gasteiger partial charge in [-0.2, -0.15) is 0 Å². The lowest BCUT2D eigenvalue weighted by Crippen LogP contribution is -2.51. The summed E-state index contributed by atoms with van der Waals surface area (Å²) in [7, 11) is 3.68. The molecule has 0 aromatic heterocycles.